The van der Waals surface area contributed by atoms with Crippen LogP contribution in [0.15, 0.2) is 60.7 Å². The zero-order chi connectivity index (χ0) is 31.4. The summed E-state index contributed by atoms with van der Waals surface area (Å²) in [4.78, 5) is 0. The van der Waals surface area contributed by atoms with Gasteiger partial charge >= 0.3 is 45.2 Å². The predicted molar refractivity (Wildman–Crippen MR) is 157 cm³/mol. The van der Waals surface area contributed by atoms with Gasteiger partial charge in [0, 0.05) is 38.3 Å². The Bertz CT molecular complexity index is 1020. The summed E-state index contributed by atoms with van der Waals surface area (Å²) >= 11 is 2.08. The molecule has 4 atom stereocenters. The van der Waals surface area contributed by atoms with E-state index in [1.165, 1.54) is 29.9 Å². The van der Waals surface area contributed by atoms with Crippen molar-refractivity contribution in [3.05, 3.63) is 87.3 Å². The first kappa shape index (κ1) is 47.6. The summed E-state index contributed by atoms with van der Waals surface area (Å²) in [5, 5.41) is 11.7. The molecule has 2 aromatic rings. The molecule has 1 saturated heterocycles. The van der Waals surface area contributed by atoms with Crippen LogP contribution in [0.2, 0.25) is 0 Å². The molecule has 6 nitrogen and oxygen atoms in total. The topological polar surface area (TPSA) is 109 Å². The first-order valence-electron chi connectivity index (χ1n) is 12.3. The van der Waals surface area contributed by atoms with E-state index in [4.69, 9.17) is 34.9 Å². The SMILES string of the molecule is C#CC(C)(C)O.C[C@@H]1CC[C@@H]2[C@@H](C1)O[C@@H](P(c1ccccc1)c1ccccc1)SC2(C)C.[C-]#[O+].[C-]#[O+].[C-]#[O+].[C-]#[O+].[Co].[Co]. The number of hydrogen-bond donors (Lipinski definition) is 1. The molecule has 10 heteroatoms. The van der Waals surface area contributed by atoms with Crippen molar-refractivity contribution in [2.45, 2.75) is 75.5 Å². The molecule has 4 rings (SSSR count). The van der Waals surface area contributed by atoms with Gasteiger partial charge in [-0.05, 0) is 57.1 Å². The van der Waals surface area contributed by atoms with Crippen LogP contribution in [0.25, 0.3) is 0 Å². The van der Waals surface area contributed by atoms with Gasteiger partial charge in [-0.15, -0.1) is 18.2 Å². The van der Waals surface area contributed by atoms with Gasteiger partial charge < -0.3 is 9.84 Å². The molecule has 2 aliphatic rings. The van der Waals surface area contributed by atoms with Crippen LogP contribution in [0, 0.1) is 50.8 Å². The van der Waals surface area contributed by atoms with Crippen molar-refractivity contribution in [1.29, 1.82) is 0 Å². The Kier molecular flexibility index (Phi) is 29.6. The molecule has 1 saturated carbocycles. The normalized spacial score (nSPS) is 20.7. The molecular formula is C32H37Co2O6PS. The van der Waals surface area contributed by atoms with E-state index in [1.54, 1.807) is 13.8 Å². The molecule has 2 radical (unpaired) electrons. The maximum atomic E-state index is 8.59. The van der Waals surface area contributed by atoms with E-state index < -0.39 is 13.5 Å². The fourth-order valence-electron chi connectivity index (χ4n) is 4.48. The Morgan fingerprint density at radius 2 is 1.26 bits per heavy atom. The zero-order valence-corrected chi connectivity index (χ0v) is 28.1. The molecule has 0 bridgehead atoms. The summed E-state index contributed by atoms with van der Waals surface area (Å²) in [7, 11) is -0.533. The molecule has 0 unspecified atom stereocenters. The summed E-state index contributed by atoms with van der Waals surface area (Å²) in [6.45, 7) is 28.4. The molecule has 1 aliphatic heterocycles. The molecule has 0 aromatic heterocycles. The summed E-state index contributed by atoms with van der Waals surface area (Å²) in [5.74, 6) is 3.63. The minimum absolute atomic E-state index is 0. The van der Waals surface area contributed by atoms with Crippen molar-refractivity contribution in [2.75, 3.05) is 0 Å². The number of fused-ring (bicyclic) bond motifs is 1. The molecule has 42 heavy (non-hydrogen) atoms. The number of rotatable bonds is 3. The smallest absolute Gasteiger partial charge is 0 e. The van der Waals surface area contributed by atoms with Gasteiger partial charge in [0.15, 0.2) is 0 Å². The van der Waals surface area contributed by atoms with Crippen molar-refractivity contribution in [3.63, 3.8) is 0 Å². The summed E-state index contributed by atoms with van der Waals surface area (Å²) in [6, 6.07) is 22.0. The standard InChI is InChI=1S/C23H29OPS.C5H8O.4CO.2Co/c1-17-14-15-20-21(16-17)24-22(26-23(20,2)3)25(18-10-6-4-7-11-18)19-12-8-5-9-13-19;1-4-5(2,3)6;4*1-2;;/h4-13,17,20-22H,14-16H2,1-3H3;1,6H,2-3H3;;;;;;/t17-,20-,21-,22+;;;;;;;/m1......./s1. The van der Waals surface area contributed by atoms with Gasteiger partial charge in [0.25, 0.3) is 0 Å². The average molecular weight is 699 g/mol. The molecule has 230 valence electrons. The Labute approximate surface area is 277 Å². The Balaban J connectivity index is -0.000000390. The third-order valence-corrected chi connectivity index (χ3v) is 10.7. The second-order valence-electron chi connectivity index (χ2n) is 9.97. The number of aliphatic hydroxyl groups is 1. The van der Waals surface area contributed by atoms with Gasteiger partial charge in [0.2, 0.25) is 0 Å². The van der Waals surface area contributed by atoms with E-state index in [0.29, 0.717) is 12.0 Å². The Morgan fingerprint density at radius 3 is 1.62 bits per heavy atom. The van der Waals surface area contributed by atoms with Crippen LogP contribution < -0.4 is 10.6 Å². The maximum absolute atomic E-state index is 8.59. The number of terminal acetylenes is 1. The van der Waals surface area contributed by atoms with Gasteiger partial charge in [-0.3, -0.25) is 0 Å². The number of thioether (sulfide) groups is 1. The van der Waals surface area contributed by atoms with Crippen molar-refractivity contribution in [1.82, 2.24) is 0 Å². The molecule has 0 amide bonds. The van der Waals surface area contributed by atoms with Crippen LogP contribution in [0.3, 0.4) is 0 Å². The summed E-state index contributed by atoms with van der Waals surface area (Å²) in [5.41, 5.74) is -0.931. The zero-order valence-electron chi connectivity index (χ0n) is 24.3. The molecule has 1 aliphatic carbocycles. The first-order chi connectivity index (χ1) is 19.1. The van der Waals surface area contributed by atoms with E-state index in [0.717, 1.165) is 5.92 Å². The van der Waals surface area contributed by atoms with Gasteiger partial charge in [-0.1, -0.05) is 93.8 Å². The van der Waals surface area contributed by atoms with Crippen LogP contribution in [0.4, 0.5) is 0 Å². The Hall–Kier alpha value is -1.33. The van der Waals surface area contributed by atoms with E-state index in [2.05, 4.69) is 126 Å². The van der Waals surface area contributed by atoms with Gasteiger partial charge in [0.1, 0.15) is 10.8 Å². The summed E-state index contributed by atoms with van der Waals surface area (Å²) < 4.78 is 37.1. The van der Waals surface area contributed by atoms with Crippen LogP contribution in [0.5, 0.6) is 0 Å². The predicted octanol–water partition coefficient (Wildman–Crippen LogP) is 5.99. The maximum Gasteiger partial charge on any atom is 0 e. The van der Waals surface area contributed by atoms with Crippen molar-refractivity contribution >= 4 is 30.3 Å². The van der Waals surface area contributed by atoms with Crippen LogP contribution in [0.1, 0.15) is 53.9 Å². The summed E-state index contributed by atoms with van der Waals surface area (Å²) in [6.07, 6.45) is 9.11. The molecule has 2 fully saturated rings. The fraction of sp³-hybridized carbons (Fsp3) is 0.438. The van der Waals surface area contributed by atoms with Crippen LogP contribution in [-0.2, 0) is 56.9 Å². The minimum Gasteiger partial charge on any atom is 0 e. The van der Waals surface area contributed by atoms with Crippen molar-refractivity contribution in [2.24, 2.45) is 11.8 Å². The molecule has 2 aromatic carbocycles. The van der Waals surface area contributed by atoms with E-state index in [-0.39, 0.29) is 43.5 Å². The monoisotopic (exact) mass is 698 g/mol. The van der Waals surface area contributed by atoms with Crippen molar-refractivity contribution < 1.29 is 62.0 Å². The van der Waals surface area contributed by atoms with Gasteiger partial charge in [-0.2, -0.15) is 0 Å². The second kappa shape index (κ2) is 26.1. The number of ether oxygens (including phenoxy) is 1. The minimum atomic E-state index is -0.931. The molecular weight excluding hydrogens is 661 g/mol. The average Bonchev–Trinajstić information content (AvgIpc) is 2.98. The van der Waals surface area contributed by atoms with Crippen LogP contribution >= 0.6 is 19.7 Å². The van der Waals surface area contributed by atoms with E-state index in [9.17, 15) is 0 Å². The first-order valence-corrected chi connectivity index (χ1v) is 14.6. The molecule has 0 spiro atoms. The van der Waals surface area contributed by atoms with E-state index in [1.807, 2.05) is 0 Å². The van der Waals surface area contributed by atoms with Gasteiger partial charge in [0.05, 0.1) is 6.10 Å². The second-order valence-corrected chi connectivity index (χ2v) is 14.3. The van der Waals surface area contributed by atoms with Crippen molar-refractivity contribution in [3.8, 4) is 12.3 Å². The number of hydrogen-bond acceptors (Lipinski definition) is 3. The third kappa shape index (κ3) is 16.5. The van der Waals surface area contributed by atoms with Gasteiger partial charge in [-0.25, -0.2) is 0 Å². The quantitative estimate of drug-likeness (QED) is 0.184. The van der Waals surface area contributed by atoms with E-state index >= 15 is 0 Å². The molecule has 1 N–H and O–H groups in total. The van der Waals surface area contributed by atoms with Crippen LogP contribution in [-0.4, -0.2) is 26.7 Å². The largest absolute Gasteiger partial charge is 0 e. The third-order valence-electron chi connectivity index (χ3n) is 6.28. The Morgan fingerprint density at radius 1 is 0.881 bits per heavy atom. The number of benzene rings is 2. The fourth-order valence-corrected chi connectivity index (χ4v) is 9.66. The molecule has 1 heterocycles.